The lowest BCUT2D eigenvalue weighted by molar-refractivity contribution is 0.228. The van der Waals surface area contributed by atoms with E-state index in [1.807, 2.05) is 0 Å². The number of rotatable bonds is 0. The summed E-state index contributed by atoms with van der Waals surface area (Å²) < 4.78 is 11.7. The summed E-state index contributed by atoms with van der Waals surface area (Å²) in [7, 11) is 0. The molecule has 104 valence electrons. The van der Waals surface area contributed by atoms with E-state index < -0.39 is 0 Å². The predicted molar refractivity (Wildman–Crippen MR) is 75.6 cm³/mol. The van der Waals surface area contributed by atoms with E-state index in [0.717, 1.165) is 37.6 Å². The van der Waals surface area contributed by atoms with Gasteiger partial charge in [-0.25, -0.2) is 0 Å². The van der Waals surface area contributed by atoms with Crippen LogP contribution in [0.1, 0.15) is 43.9 Å². The van der Waals surface area contributed by atoms with Crippen LogP contribution in [0.4, 0.5) is 0 Å². The predicted octanol–water partition coefficient (Wildman–Crippen LogP) is 3.07. The molecule has 1 heterocycles. The number of hydrogen-bond acceptors (Lipinski definition) is 3. The van der Waals surface area contributed by atoms with E-state index in [1.54, 1.807) is 0 Å². The molecule has 0 saturated carbocycles. The Labute approximate surface area is 115 Å². The average molecular weight is 261 g/mol. The Morgan fingerprint density at radius 1 is 1.05 bits per heavy atom. The molecule has 0 radical (unpaired) electrons. The third-order valence-corrected chi connectivity index (χ3v) is 4.21. The molecule has 0 amide bonds. The topological polar surface area (TPSA) is 44.5 Å². The molecule has 1 aliphatic heterocycles. The van der Waals surface area contributed by atoms with Crippen LogP contribution in [0, 0.1) is 11.8 Å². The normalized spacial score (nSPS) is 30.2. The van der Waals surface area contributed by atoms with Gasteiger partial charge >= 0.3 is 0 Å². The smallest absolute Gasteiger partial charge is 0.161 e. The highest BCUT2D eigenvalue weighted by molar-refractivity contribution is 5.49. The van der Waals surface area contributed by atoms with Crippen molar-refractivity contribution in [2.75, 3.05) is 13.2 Å². The zero-order valence-electron chi connectivity index (χ0n) is 11.8. The Kier molecular flexibility index (Phi) is 3.40. The van der Waals surface area contributed by atoms with Crippen LogP contribution in [-0.4, -0.2) is 13.2 Å². The van der Waals surface area contributed by atoms with Crippen LogP contribution in [0.5, 0.6) is 11.5 Å². The van der Waals surface area contributed by atoms with Gasteiger partial charge in [-0.05, 0) is 48.4 Å². The van der Waals surface area contributed by atoms with Gasteiger partial charge in [0.05, 0.1) is 13.2 Å². The minimum atomic E-state index is 0.127. The van der Waals surface area contributed by atoms with Gasteiger partial charge in [-0.3, -0.25) is 0 Å². The van der Waals surface area contributed by atoms with Crippen molar-refractivity contribution in [3.63, 3.8) is 0 Å². The maximum Gasteiger partial charge on any atom is 0.161 e. The lowest BCUT2D eigenvalue weighted by atomic mass is 9.97. The Morgan fingerprint density at radius 3 is 2.47 bits per heavy atom. The molecule has 1 aliphatic carbocycles. The fraction of sp³-hybridized carbons (Fsp3) is 0.625. The maximum atomic E-state index is 6.34. The summed E-state index contributed by atoms with van der Waals surface area (Å²) >= 11 is 0. The molecule has 3 atom stereocenters. The molecule has 1 aromatic carbocycles. The minimum absolute atomic E-state index is 0.127. The van der Waals surface area contributed by atoms with Crippen molar-refractivity contribution in [3.8, 4) is 11.5 Å². The lowest BCUT2D eigenvalue weighted by Gasteiger charge is -2.17. The molecule has 3 heteroatoms. The monoisotopic (exact) mass is 261 g/mol. The molecule has 0 bridgehead atoms. The van der Waals surface area contributed by atoms with Crippen LogP contribution in [0.2, 0.25) is 0 Å². The van der Waals surface area contributed by atoms with Crippen LogP contribution in [0.25, 0.3) is 0 Å². The van der Waals surface area contributed by atoms with Crippen molar-refractivity contribution < 1.29 is 9.47 Å². The quantitative estimate of drug-likeness (QED) is 0.730. The molecule has 0 aromatic heterocycles. The molecule has 0 fully saturated rings. The number of ether oxygens (including phenoxy) is 2. The van der Waals surface area contributed by atoms with Crippen molar-refractivity contribution >= 4 is 0 Å². The second kappa shape index (κ2) is 5.04. The van der Waals surface area contributed by atoms with Gasteiger partial charge in [0.2, 0.25) is 0 Å². The van der Waals surface area contributed by atoms with Crippen LogP contribution in [0.15, 0.2) is 12.1 Å². The van der Waals surface area contributed by atoms with Crippen molar-refractivity contribution in [3.05, 3.63) is 23.3 Å². The second-order valence-electron chi connectivity index (χ2n) is 6.21. The highest BCUT2D eigenvalue weighted by Crippen LogP contribution is 2.39. The zero-order chi connectivity index (χ0) is 13.4. The number of hydrogen-bond donors (Lipinski definition) is 1. The standard InChI is InChI=1S/C16H23NO2/c1-10-3-4-12-6-15-16(7-13(12)14(17)5-10)19-9-11(2)8-18-15/h6-7,10-11,14H,3-5,8-9,17H2,1-2H3. The van der Waals surface area contributed by atoms with Crippen molar-refractivity contribution in [2.45, 2.75) is 39.2 Å². The fourth-order valence-corrected chi connectivity index (χ4v) is 3.00. The fourth-order valence-electron chi connectivity index (χ4n) is 3.00. The van der Waals surface area contributed by atoms with E-state index in [2.05, 4.69) is 26.0 Å². The molecule has 3 nitrogen and oxygen atoms in total. The van der Waals surface area contributed by atoms with E-state index in [-0.39, 0.29) is 6.04 Å². The maximum absolute atomic E-state index is 6.34. The van der Waals surface area contributed by atoms with Gasteiger partial charge < -0.3 is 15.2 Å². The first kappa shape index (κ1) is 12.8. The highest BCUT2D eigenvalue weighted by atomic mass is 16.5. The van der Waals surface area contributed by atoms with E-state index in [1.165, 1.54) is 17.5 Å². The van der Waals surface area contributed by atoms with Gasteiger partial charge in [-0.15, -0.1) is 0 Å². The largest absolute Gasteiger partial charge is 0.489 e. The summed E-state index contributed by atoms with van der Waals surface area (Å²) in [6, 6.07) is 4.40. The Bertz CT molecular complexity index is 472. The third kappa shape index (κ3) is 2.57. The van der Waals surface area contributed by atoms with Gasteiger partial charge in [0.25, 0.3) is 0 Å². The van der Waals surface area contributed by atoms with Crippen LogP contribution >= 0.6 is 0 Å². The van der Waals surface area contributed by atoms with Gasteiger partial charge in [0.15, 0.2) is 11.5 Å². The molecule has 1 aromatic rings. The minimum Gasteiger partial charge on any atom is -0.489 e. The van der Waals surface area contributed by atoms with Gasteiger partial charge in [-0.1, -0.05) is 13.8 Å². The first-order chi connectivity index (χ1) is 9.13. The van der Waals surface area contributed by atoms with E-state index in [4.69, 9.17) is 15.2 Å². The number of fused-ring (bicyclic) bond motifs is 2. The Hall–Kier alpha value is -1.22. The molecule has 3 rings (SSSR count). The van der Waals surface area contributed by atoms with Crippen LogP contribution < -0.4 is 15.2 Å². The summed E-state index contributed by atoms with van der Waals surface area (Å²) in [4.78, 5) is 0. The van der Waals surface area contributed by atoms with Crippen LogP contribution in [-0.2, 0) is 6.42 Å². The summed E-state index contributed by atoms with van der Waals surface area (Å²) in [6.07, 6.45) is 3.36. The summed E-state index contributed by atoms with van der Waals surface area (Å²) in [6.45, 7) is 5.88. The van der Waals surface area contributed by atoms with Crippen molar-refractivity contribution in [1.82, 2.24) is 0 Å². The summed E-state index contributed by atoms with van der Waals surface area (Å²) in [5, 5.41) is 0. The molecule has 0 spiro atoms. The summed E-state index contributed by atoms with van der Waals surface area (Å²) in [5.41, 5.74) is 8.93. The molecule has 19 heavy (non-hydrogen) atoms. The van der Waals surface area contributed by atoms with E-state index in [0.29, 0.717) is 11.8 Å². The van der Waals surface area contributed by atoms with Gasteiger partial charge in [0.1, 0.15) is 0 Å². The highest BCUT2D eigenvalue weighted by Gasteiger charge is 2.24. The van der Waals surface area contributed by atoms with Crippen molar-refractivity contribution in [1.29, 1.82) is 0 Å². The Balaban J connectivity index is 1.98. The number of benzene rings is 1. The van der Waals surface area contributed by atoms with E-state index in [9.17, 15) is 0 Å². The molecule has 2 aliphatic rings. The molecular weight excluding hydrogens is 238 g/mol. The zero-order valence-corrected chi connectivity index (χ0v) is 11.8. The molecular formula is C16H23NO2. The third-order valence-electron chi connectivity index (χ3n) is 4.21. The lowest BCUT2D eigenvalue weighted by Crippen LogP contribution is -2.13. The van der Waals surface area contributed by atoms with Crippen molar-refractivity contribution in [2.24, 2.45) is 17.6 Å². The molecule has 0 saturated heterocycles. The first-order valence-corrected chi connectivity index (χ1v) is 7.31. The average Bonchev–Trinajstić information content (AvgIpc) is 2.64. The second-order valence-corrected chi connectivity index (χ2v) is 6.21. The van der Waals surface area contributed by atoms with Gasteiger partial charge in [0, 0.05) is 12.0 Å². The first-order valence-electron chi connectivity index (χ1n) is 7.31. The summed E-state index contributed by atoms with van der Waals surface area (Å²) in [5.74, 6) is 2.88. The molecule has 3 unspecified atom stereocenters. The Morgan fingerprint density at radius 2 is 1.74 bits per heavy atom. The molecule has 2 N–H and O–H groups in total. The number of aryl methyl sites for hydroxylation is 1. The van der Waals surface area contributed by atoms with Gasteiger partial charge in [-0.2, -0.15) is 0 Å². The van der Waals surface area contributed by atoms with E-state index >= 15 is 0 Å². The SMILES string of the molecule is CC1COc2cc3c(cc2OC1)C(N)CC(C)CC3. The van der Waals surface area contributed by atoms with Crippen LogP contribution in [0.3, 0.4) is 0 Å². The number of nitrogens with two attached hydrogens (primary N) is 1.